The molecule has 4 fully saturated rings. The summed E-state index contributed by atoms with van der Waals surface area (Å²) in [5.74, 6) is -13.2. The van der Waals surface area contributed by atoms with Crippen LogP contribution in [-0.4, -0.2) is 107 Å². The Morgan fingerprint density at radius 1 is 1.15 bits per heavy atom. The largest absolute Gasteiger partial charge is 0.376 e. The lowest BCUT2D eigenvalue weighted by Crippen LogP contribution is -2.74. The fraction of sp³-hybridized carbons (Fsp3) is 0.667. The van der Waals surface area contributed by atoms with Crippen molar-refractivity contribution in [2.45, 2.75) is 43.5 Å². The Hall–Kier alpha value is -3.16. The molecule has 1 heterocycles. The predicted octanol–water partition coefficient (Wildman–Crippen LogP) is -1.61. The van der Waals surface area contributed by atoms with E-state index in [4.69, 9.17) is 11.1 Å². The number of likely N-dealkylation sites (tertiary alicyclic amines) is 1. The summed E-state index contributed by atoms with van der Waals surface area (Å²) in [5, 5.41) is 22.7. The molecule has 40 heavy (non-hydrogen) atoms. The monoisotopic (exact) mass is 559 g/mol. The maximum Gasteiger partial charge on any atom is 0.238 e. The maximum absolute atomic E-state index is 15.5. The van der Waals surface area contributed by atoms with Crippen LogP contribution in [0.2, 0.25) is 0 Å². The molecule has 9 unspecified atom stereocenters. The summed E-state index contributed by atoms with van der Waals surface area (Å²) in [7, 11) is 3.05. The molecule has 216 valence electrons. The Morgan fingerprint density at radius 3 is 2.40 bits per heavy atom. The first-order valence-corrected chi connectivity index (χ1v) is 13.6. The van der Waals surface area contributed by atoms with Crippen LogP contribution >= 0.6 is 0 Å². The molecule has 13 heteroatoms. The van der Waals surface area contributed by atoms with Gasteiger partial charge < -0.3 is 21.6 Å². The number of hydrogen-bond acceptors (Lipinski definition) is 10. The third-order valence-corrected chi connectivity index (χ3v) is 9.46. The quantitative estimate of drug-likeness (QED) is 0.287. The van der Waals surface area contributed by atoms with Crippen LogP contribution in [0.4, 0.5) is 4.39 Å². The van der Waals surface area contributed by atoms with Crippen molar-refractivity contribution in [3.05, 3.63) is 11.8 Å². The normalized spacial score (nSPS) is 39.9. The van der Waals surface area contributed by atoms with E-state index in [1.165, 1.54) is 19.0 Å². The van der Waals surface area contributed by atoms with Gasteiger partial charge >= 0.3 is 0 Å². The van der Waals surface area contributed by atoms with Gasteiger partial charge in [-0.15, -0.1) is 0 Å². The number of fused-ring (bicyclic) bond motifs is 3. The van der Waals surface area contributed by atoms with Crippen molar-refractivity contribution < 1.29 is 38.3 Å². The number of hydrogen-bond donors (Lipinski definition) is 4. The zero-order chi connectivity index (χ0) is 29.3. The second kappa shape index (κ2) is 10.0. The van der Waals surface area contributed by atoms with Crippen molar-refractivity contribution in [1.29, 1.82) is 5.41 Å². The smallest absolute Gasteiger partial charge is 0.238 e. The van der Waals surface area contributed by atoms with Gasteiger partial charge in [0.2, 0.25) is 11.8 Å². The highest BCUT2D eigenvalue weighted by atomic mass is 19.1. The summed E-state index contributed by atoms with van der Waals surface area (Å²) < 4.78 is 15.5. The van der Waals surface area contributed by atoms with Crippen LogP contribution in [0.5, 0.6) is 0 Å². The molecule has 0 aromatic heterocycles. The number of nitrogens with one attached hydrogen (secondary N) is 2. The zero-order valence-corrected chi connectivity index (χ0v) is 22.4. The van der Waals surface area contributed by atoms with Crippen molar-refractivity contribution in [3.8, 4) is 0 Å². The standard InChI is InChI=1S/C27H34FN5O7/c1-32(2)20-13-8-11-7-12-14(28)9-15(31-16(34)10-33-5-3-4-6-33)21(35)18(12)22(36)17(11)25(38)27(13,40)24(29)19(23(20)37)26(30)39/h9,11-14,17-20,29,40H,3-8,10H2,1-2H3,(H2,30,39)(H,31,34). The van der Waals surface area contributed by atoms with Crippen molar-refractivity contribution in [2.24, 2.45) is 41.2 Å². The molecule has 0 aromatic carbocycles. The lowest BCUT2D eigenvalue weighted by molar-refractivity contribution is -0.168. The van der Waals surface area contributed by atoms with E-state index in [1.807, 2.05) is 4.90 Å². The van der Waals surface area contributed by atoms with Crippen LogP contribution in [0.15, 0.2) is 11.8 Å². The van der Waals surface area contributed by atoms with Gasteiger partial charge in [0.15, 0.2) is 28.7 Å². The zero-order valence-electron chi connectivity index (χ0n) is 22.4. The molecular weight excluding hydrogens is 525 g/mol. The average Bonchev–Trinajstić information content (AvgIpc) is 3.37. The number of amides is 2. The number of carbonyl (C=O) groups excluding carboxylic acids is 6. The van der Waals surface area contributed by atoms with Crippen LogP contribution in [0.25, 0.3) is 0 Å². The van der Waals surface area contributed by atoms with Crippen LogP contribution in [0.1, 0.15) is 25.7 Å². The molecule has 4 aliphatic carbocycles. The number of carbonyl (C=O) groups is 6. The number of halogens is 1. The summed E-state index contributed by atoms with van der Waals surface area (Å²) in [6.07, 6.45) is 1.04. The SMILES string of the molecule is CN(C)C1C(=O)C(C(N)=O)C(=N)C2(O)C(=O)C3C(=O)C4C(=O)C(NC(=O)CN5CCCC5)=CC(F)C4CC3CC12. The van der Waals surface area contributed by atoms with Gasteiger partial charge in [-0.25, -0.2) is 4.39 Å². The number of rotatable bonds is 5. The Balaban J connectivity index is 1.45. The van der Waals surface area contributed by atoms with E-state index in [2.05, 4.69) is 5.32 Å². The number of nitrogens with two attached hydrogens (primary N) is 1. The summed E-state index contributed by atoms with van der Waals surface area (Å²) in [4.78, 5) is 82.3. The topological polar surface area (TPSA) is 191 Å². The van der Waals surface area contributed by atoms with E-state index in [9.17, 15) is 33.9 Å². The minimum absolute atomic E-state index is 0.0239. The lowest BCUT2D eigenvalue weighted by atomic mass is 9.49. The number of likely N-dealkylation sites (N-methyl/N-ethyl adjacent to an activating group) is 1. The summed E-state index contributed by atoms with van der Waals surface area (Å²) >= 11 is 0. The fourth-order valence-corrected chi connectivity index (χ4v) is 7.68. The van der Waals surface area contributed by atoms with Gasteiger partial charge in [-0.05, 0) is 64.9 Å². The molecule has 0 radical (unpaired) electrons. The number of allylic oxidation sites excluding steroid dienone is 2. The van der Waals surface area contributed by atoms with Crippen molar-refractivity contribution in [1.82, 2.24) is 15.1 Å². The Bertz CT molecular complexity index is 1240. The predicted molar refractivity (Wildman–Crippen MR) is 136 cm³/mol. The molecule has 5 rings (SSSR count). The number of nitrogens with zero attached hydrogens (tertiary/aromatic N) is 2. The molecule has 12 nitrogen and oxygen atoms in total. The van der Waals surface area contributed by atoms with Gasteiger partial charge in [0.1, 0.15) is 12.1 Å². The van der Waals surface area contributed by atoms with Crippen LogP contribution in [-0.2, 0) is 28.8 Å². The minimum atomic E-state index is -2.64. The van der Waals surface area contributed by atoms with Gasteiger partial charge in [0.05, 0.1) is 35.8 Å². The molecule has 0 bridgehead atoms. The highest BCUT2D eigenvalue weighted by molar-refractivity contribution is 6.33. The second-order valence-electron chi connectivity index (χ2n) is 12.0. The third kappa shape index (κ3) is 4.17. The van der Waals surface area contributed by atoms with Crippen molar-refractivity contribution in [3.63, 3.8) is 0 Å². The van der Waals surface area contributed by atoms with E-state index in [1.54, 1.807) is 0 Å². The first kappa shape index (κ1) is 28.4. The molecule has 2 amide bonds. The number of ketones is 4. The average molecular weight is 560 g/mol. The highest BCUT2D eigenvalue weighted by Gasteiger charge is 2.69. The Kier molecular flexibility index (Phi) is 7.12. The van der Waals surface area contributed by atoms with E-state index >= 15 is 4.39 Å². The Morgan fingerprint density at radius 2 is 1.80 bits per heavy atom. The van der Waals surface area contributed by atoms with Crippen molar-refractivity contribution in [2.75, 3.05) is 33.7 Å². The van der Waals surface area contributed by atoms with Crippen molar-refractivity contribution >= 4 is 40.7 Å². The maximum atomic E-state index is 15.5. The number of alkyl halides is 1. The van der Waals surface area contributed by atoms with E-state index in [-0.39, 0.29) is 25.1 Å². The Labute approximate surface area is 230 Å². The molecule has 0 aromatic rings. The summed E-state index contributed by atoms with van der Waals surface area (Å²) in [6, 6.07) is -1.15. The van der Waals surface area contributed by atoms with Gasteiger partial charge in [-0.3, -0.25) is 38.6 Å². The molecule has 3 saturated carbocycles. The molecule has 1 saturated heterocycles. The molecule has 5 N–H and O–H groups in total. The molecule has 1 aliphatic heterocycles. The van der Waals surface area contributed by atoms with Crippen LogP contribution < -0.4 is 11.1 Å². The summed E-state index contributed by atoms with van der Waals surface area (Å²) in [5.41, 5.74) is 1.54. The van der Waals surface area contributed by atoms with E-state index in [0.29, 0.717) is 0 Å². The fourth-order valence-electron chi connectivity index (χ4n) is 7.68. The number of Topliss-reactive ketones (excluding diaryl/α,β-unsaturated/α-hetero) is 4. The first-order chi connectivity index (χ1) is 18.8. The number of primary amides is 1. The van der Waals surface area contributed by atoms with Crippen LogP contribution in [0.3, 0.4) is 0 Å². The van der Waals surface area contributed by atoms with Gasteiger partial charge in [0.25, 0.3) is 0 Å². The lowest BCUT2D eigenvalue weighted by Gasteiger charge is -2.55. The molecule has 0 spiro atoms. The van der Waals surface area contributed by atoms with Gasteiger partial charge in [-0.2, -0.15) is 0 Å². The third-order valence-electron chi connectivity index (χ3n) is 9.46. The van der Waals surface area contributed by atoms with Gasteiger partial charge in [-0.1, -0.05) is 0 Å². The van der Waals surface area contributed by atoms with Gasteiger partial charge in [0, 0.05) is 11.8 Å². The first-order valence-electron chi connectivity index (χ1n) is 13.6. The highest BCUT2D eigenvalue weighted by Crippen LogP contribution is 2.53. The van der Waals surface area contributed by atoms with E-state index < -0.39 is 94.0 Å². The minimum Gasteiger partial charge on any atom is -0.376 e. The second-order valence-corrected chi connectivity index (χ2v) is 12.0. The molecule has 9 atom stereocenters. The number of aliphatic hydroxyl groups is 1. The molecule has 5 aliphatic rings. The van der Waals surface area contributed by atoms with Crippen LogP contribution in [0, 0.1) is 40.9 Å². The van der Waals surface area contributed by atoms with E-state index in [0.717, 1.165) is 32.0 Å². The molecular formula is C27H34FN5O7. The summed E-state index contributed by atoms with van der Waals surface area (Å²) in [6.45, 7) is 1.49.